The molecule has 134 valence electrons. The van der Waals surface area contributed by atoms with E-state index >= 15 is 0 Å². The van der Waals surface area contributed by atoms with Crippen molar-refractivity contribution in [2.75, 3.05) is 53.2 Å². The summed E-state index contributed by atoms with van der Waals surface area (Å²) in [5.74, 6) is 1.63. The number of aryl methyl sites for hydroxylation is 1. The van der Waals surface area contributed by atoms with Crippen LogP contribution >= 0.6 is 0 Å². The SMILES string of the molecule is COc1cc(CCCN2CCOCC2)ccc1OCC1CCCO1. The molecule has 2 saturated heterocycles. The predicted octanol–water partition coefficient (Wildman–Crippen LogP) is 2.52. The first-order chi connectivity index (χ1) is 11.8. The van der Waals surface area contributed by atoms with Crippen LogP contribution in [-0.2, 0) is 15.9 Å². The maximum absolute atomic E-state index is 5.89. The van der Waals surface area contributed by atoms with Gasteiger partial charge in [0.2, 0.25) is 0 Å². The van der Waals surface area contributed by atoms with Crippen LogP contribution in [0.4, 0.5) is 0 Å². The zero-order valence-electron chi connectivity index (χ0n) is 14.7. The maximum Gasteiger partial charge on any atom is 0.161 e. The van der Waals surface area contributed by atoms with E-state index in [1.807, 2.05) is 6.07 Å². The summed E-state index contributed by atoms with van der Waals surface area (Å²) in [5.41, 5.74) is 1.30. The van der Waals surface area contributed by atoms with E-state index < -0.39 is 0 Å². The molecule has 3 rings (SSSR count). The van der Waals surface area contributed by atoms with Crippen LogP contribution in [0.1, 0.15) is 24.8 Å². The highest BCUT2D eigenvalue weighted by Gasteiger charge is 2.17. The molecule has 0 aromatic heterocycles. The second-order valence-electron chi connectivity index (χ2n) is 6.49. The Labute approximate surface area is 144 Å². The van der Waals surface area contributed by atoms with E-state index in [2.05, 4.69) is 17.0 Å². The Hall–Kier alpha value is -1.30. The minimum atomic E-state index is 0.225. The van der Waals surface area contributed by atoms with Crippen LogP contribution in [0, 0.1) is 0 Å². The third-order valence-corrected chi connectivity index (χ3v) is 4.72. The van der Waals surface area contributed by atoms with E-state index in [9.17, 15) is 0 Å². The standard InChI is InChI=1S/C19H29NO4/c1-21-19-14-16(4-2-8-20-9-12-22-13-10-20)6-7-18(19)24-15-17-5-3-11-23-17/h6-7,14,17H,2-5,8-13,15H2,1H3. The van der Waals surface area contributed by atoms with Gasteiger partial charge in [-0.2, -0.15) is 0 Å². The van der Waals surface area contributed by atoms with Crippen molar-refractivity contribution in [1.29, 1.82) is 0 Å². The van der Waals surface area contributed by atoms with Gasteiger partial charge < -0.3 is 18.9 Å². The molecule has 0 aliphatic carbocycles. The van der Waals surface area contributed by atoms with Gasteiger partial charge >= 0.3 is 0 Å². The molecule has 0 bridgehead atoms. The highest BCUT2D eigenvalue weighted by molar-refractivity contribution is 5.43. The number of hydrogen-bond donors (Lipinski definition) is 0. The number of ether oxygens (including phenoxy) is 4. The summed E-state index contributed by atoms with van der Waals surface area (Å²) in [4.78, 5) is 2.47. The lowest BCUT2D eigenvalue weighted by Gasteiger charge is -2.26. The summed E-state index contributed by atoms with van der Waals surface area (Å²) >= 11 is 0. The molecule has 24 heavy (non-hydrogen) atoms. The van der Waals surface area contributed by atoms with Crippen molar-refractivity contribution in [2.45, 2.75) is 31.8 Å². The average molecular weight is 335 g/mol. The molecule has 5 nitrogen and oxygen atoms in total. The Bertz CT molecular complexity index is 496. The minimum absolute atomic E-state index is 0.225. The fourth-order valence-corrected chi connectivity index (χ4v) is 3.28. The van der Waals surface area contributed by atoms with Crippen molar-refractivity contribution < 1.29 is 18.9 Å². The summed E-state index contributed by atoms with van der Waals surface area (Å²) in [6.07, 6.45) is 4.65. The first-order valence-electron chi connectivity index (χ1n) is 9.06. The van der Waals surface area contributed by atoms with Crippen molar-refractivity contribution in [3.63, 3.8) is 0 Å². The zero-order valence-corrected chi connectivity index (χ0v) is 14.7. The lowest BCUT2D eigenvalue weighted by Crippen LogP contribution is -2.36. The highest BCUT2D eigenvalue weighted by Crippen LogP contribution is 2.29. The number of rotatable bonds is 8. The first kappa shape index (κ1) is 17.5. The molecular formula is C19H29NO4. The number of morpholine rings is 1. The molecule has 1 atom stereocenters. The number of methoxy groups -OCH3 is 1. The van der Waals surface area contributed by atoms with Crippen molar-refractivity contribution in [3.05, 3.63) is 23.8 Å². The Morgan fingerprint density at radius 3 is 2.79 bits per heavy atom. The van der Waals surface area contributed by atoms with Gasteiger partial charge in [0, 0.05) is 19.7 Å². The van der Waals surface area contributed by atoms with Crippen molar-refractivity contribution in [2.24, 2.45) is 0 Å². The quantitative estimate of drug-likeness (QED) is 0.730. The number of nitrogens with zero attached hydrogens (tertiary/aromatic N) is 1. The summed E-state index contributed by atoms with van der Waals surface area (Å²) < 4.78 is 22.4. The van der Waals surface area contributed by atoms with E-state index in [1.165, 1.54) is 5.56 Å². The molecule has 0 N–H and O–H groups in total. The normalized spacial score (nSPS) is 21.8. The lowest BCUT2D eigenvalue weighted by molar-refractivity contribution is 0.0374. The third kappa shape index (κ3) is 5.10. The summed E-state index contributed by atoms with van der Waals surface area (Å²) in [7, 11) is 1.70. The maximum atomic E-state index is 5.89. The molecule has 0 amide bonds. The van der Waals surface area contributed by atoms with Gasteiger partial charge in [-0.25, -0.2) is 0 Å². The molecule has 2 fully saturated rings. The van der Waals surface area contributed by atoms with Crippen molar-refractivity contribution in [3.8, 4) is 11.5 Å². The fraction of sp³-hybridized carbons (Fsp3) is 0.684. The molecule has 2 aliphatic heterocycles. The van der Waals surface area contributed by atoms with Crippen LogP contribution in [0.5, 0.6) is 11.5 Å². The lowest BCUT2D eigenvalue weighted by atomic mass is 10.1. The van der Waals surface area contributed by atoms with Crippen LogP contribution < -0.4 is 9.47 Å². The molecule has 0 saturated carbocycles. The Morgan fingerprint density at radius 2 is 2.04 bits per heavy atom. The van der Waals surface area contributed by atoms with Crippen LogP contribution in [-0.4, -0.2) is 64.2 Å². The van der Waals surface area contributed by atoms with E-state index in [0.717, 1.165) is 76.6 Å². The van der Waals surface area contributed by atoms with E-state index in [-0.39, 0.29) is 6.10 Å². The Balaban J connectivity index is 1.47. The second kappa shape index (κ2) is 9.25. The van der Waals surface area contributed by atoms with E-state index in [1.54, 1.807) is 7.11 Å². The molecule has 5 heteroatoms. The molecule has 1 aromatic rings. The van der Waals surface area contributed by atoms with Crippen LogP contribution in [0.25, 0.3) is 0 Å². The van der Waals surface area contributed by atoms with Gasteiger partial charge in [0.25, 0.3) is 0 Å². The van der Waals surface area contributed by atoms with Crippen molar-refractivity contribution in [1.82, 2.24) is 4.90 Å². The number of benzene rings is 1. The Morgan fingerprint density at radius 1 is 1.17 bits per heavy atom. The van der Waals surface area contributed by atoms with E-state index in [0.29, 0.717) is 6.61 Å². The van der Waals surface area contributed by atoms with Gasteiger partial charge in [0.15, 0.2) is 11.5 Å². The minimum Gasteiger partial charge on any atom is -0.493 e. The van der Waals surface area contributed by atoms with Crippen LogP contribution in [0.3, 0.4) is 0 Å². The van der Waals surface area contributed by atoms with Gasteiger partial charge in [-0.3, -0.25) is 4.90 Å². The second-order valence-corrected chi connectivity index (χ2v) is 6.49. The van der Waals surface area contributed by atoms with Gasteiger partial charge in [-0.1, -0.05) is 6.07 Å². The first-order valence-corrected chi connectivity index (χ1v) is 9.06. The smallest absolute Gasteiger partial charge is 0.161 e. The zero-order chi connectivity index (χ0) is 16.6. The monoisotopic (exact) mass is 335 g/mol. The fourth-order valence-electron chi connectivity index (χ4n) is 3.28. The van der Waals surface area contributed by atoms with Gasteiger partial charge in [-0.15, -0.1) is 0 Å². The number of hydrogen-bond acceptors (Lipinski definition) is 5. The molecular weight excluding hydrogens is 306 g/mol. The van der Waals surface area contributed by atoms with Crippen LogP contribution in [0.15, 0.2) is 18.2 Å². The molecule has 0 spiro atoms. The molecule has 2 aliphatic rings. The molecule has 1 unspecified atom stereocenters. The van der Waals surface area contributed by atoms with Gasteiger partial charge in [-0.05, 0) is 49.9 Å². The highest BCUT2D eigenvalue weighted by atomic mass is 16.5. The van der Waals surface area contributed by atoms with E-state index in [4.69, 9.17) is 18.9 Å². The summed E-state index contributed by atoms with van der Waals surface area (Å²) in [6, 6.07) is 6.27. The largest absolute Gasteiger partial charge is 0.493 e. The molecule has 2 heterocycles. The van der Waals surface area contributed by atoms with Gasteiger partial charge in [0.05, 0.1) is 26.4 Å². The molecule has 1 aromatic carbocycles. The topological polar surface area (TPSA) is 40.2 Å². The average Bonchev–Trinajstić information content (AvgIpc) is 3.15. The molecule has 0 radical (unpaired) electrons. The predicted molar refractivity (Wildman–Crippen MR) is 93.0 cm³/mol. The summed E-state index contributed by atoms with van der Waals surface area (Å²) in [5, 5.41) is 0. The van der Waals surface area contributed by atoms with Gasteiger partial charge in [0.1, 0.15) is 6.61 Å². The summed E-state index contributed by atoms with van der Waals surface area (Å²) in [6.45, 7) is 6.43. The van der Waals surface area contributed by atoms with Crippen LogP contribution in [0.2, 0.25) is 0 Å². The van der Waals surface area contributed by atoms with Crippen molar-refractivity contribution >= 4 is 0 Å². The third-order valence-electron chi connectivity index (χ3n) is 4.72. The Kier molecular flexibility index (Phi) is 6.75.